The van der Waals surface area contributed by atoms with E-state index in [1.165, 1.54) is 12.4 Å². The lowest BCUT2D eigenvalue weighted by atomic mass is 10.2. The predicted octanol–water partition coefficient (Wildman–Crippen LogP) is 5.46. The first-order chi connectivity index (χ1) is 14.4. The topological polar surface area (TPSA) is 82.9 Å². The zero-order valence-electron chi connectivity index (χ0n) is 15.7. The molecule has 0 aliphatic carbocycles. The molecule has 0 radical (unpaired) electrons. The van der Waals surface area contributed by atoms with Crippen molar-refractivity contribution in [3.8, 4) is 0 Å². The number of benzene rings is 2. The second-order valence-electron chi connectivity index (χ2n) is 6.08. The second-order valence-corrected chi connectivity index (χ2v) is 7.65. The Hall–Kier alpha value is -2.12. The molecule has 0 aromatic heterocycles. The van der Waals surface area contributed by atoms with Crippen LogP contribution in [-0.2, 0) is 9.59 Å². The van der Waals surface area contributed by atoms with Crippen LogP contribution >= 0.6 is 46.4 Å². The van der Waals surface area contributed by atoms with Gasteiger partial charge in [-0.2, -0.15) is 10.2 Å². The second kappa shape index (κ2) is 12.5. The number of unbranched alkanes of at least 4 members (excludes halogenated alkanes) is 1. The summed E-state index contributed by atoms with van der Waals surface area (Å²) in [7, 11) is 0. The fourth-order valence-electron chi connectivity index (χ4n) is 2.27. The first-order valence-electron chi connectivity index (χ1n) is 8.90. The van der Waals surface area contributed by atoms with Gasteiger partial charge in [-0.25, -0.2) is 10.9 Å². The number of halogens is 4. The summed E-state index contributed by atoms with van der Waals surface area (Å²) in [5.41, 5.74) is 6.02. The van der Waals surface area contributed by atoms with Gasteiger partial charge in [0.25, 0.3) is 0 Å². The average molecular weight is 488 g/mol. The largest absolute Gasteiger partial charge is 0.273 e. The van der Waals surface area contributed by atoms with Crippen molar-refractivity contribution in [2.75, 3.05) is 0 Å². The number of carbonyl (C=O) groups is 2. The maximum Gasteiger partial charge on any atom is 0.240 e. The predicted molar refractivity (Wildman–Crippen MR) is 123 cm³/mol. The molecule has 0 saturated carbocycles. The number of hydrogen-bond acceptors (Lipinski definition) is 4. The zero-order valence-corrected chi connectivity index (χ0v) is 18.7. The van der Waals surface area contributed by atoms with E-state index in [1.807, 2.05) is 0 Å². The van der Waals surface area contributed by atoms with Crippen molar-refractivity contribution in [3.63, 3.8) is 0 Å². The first kappa shape index (κ1) is 24.2. The Morgan fingerprint density at radius 2 is 1.13 bits per heavy atom. The maximum atomic E-state index is 11.8. The van der Waals surface area contributed by atoms with Crippen LogP contribution in [0, 0.1) is 0 Å². The number of rotatable bonds is 9. The van der Waals surface area contributed by atoms with Crippen molar-refractivity contribution < 1.29 is 9.59 Å². The number of hydrogen-bond donors (Lipinski definition) is 2. The first-order valence-corrected chi connectivity index (χ1v) is 10.4. The third-order valence-corrected chi connectivity index (χ3v) is 5.47. The van der Waals surface area contributed by atoms with E-state index in [2.05, 4.69) is 21.1 Å². The molecule has 2 aromatic carbocycles. The standard InChI is InChI=1S/C20H18Cl4N4O2/c21-15-7-3-5-13(19(15)23)11-25-27-17(29)9-1-2-10-18(30)28-26-12-14-6-4-8-16(22)20(14)24/h3-8,11-12H,1-2,9-10H2,(H,27,29)(H,28,30)/b25-11+,26-12+. The van der Waals surface area contributed by atoms with Gasteiger partial charge in [0.2, 0.25) is 11.8 Å². The number of carbonyl (C=O) groups excluding carboxylic acids is 2. The normalized spacial score (nSPS) is 11.2. The quantitative estimate of drug-likeness (QED) is 0.279. The molecule has 0 heterocycles. The van der Waals surface area contributed by atoms with E-state index in [-0.39, 0.29) is 24.7 Å². The van der Waals surface area contributed by atoms with Gasteiger partial charge in [-0.05, 0) is 25.0 Å². The van der Waals surface area contributed by atoms with E-state index in [9.17, 15) is 9.59 Å². The van der Waals surface area contributed by atoms with Crippen LogP contribution in [0.2, 0.25) is 20.1 Å². The minimum atomic E-state index is -0.265. The molecule has 10 heteroatoms. The summed E-state index contributed by atoms with van der Waals surface area (Å²) in [4.78, 5) is 23.6. The number of amides is 2. The Labute approximate surface area is 194 Å². The highest BCUT2D eigenvalue weighted by molar-refractivity contribution is 6.44. The molecule has 0 fully saturated rings. The van der Waals surface area contributed by atoms with Crippen LogP contribution < -0.4 is 10.9 Å². The number of hydrazone groups is 2. The summed E-state index contributed by atoms with van der Waals surface area (Å²) in [6.45, 7) is 0. The third-order valence-electron chi connectivity index (χ3n) is 3.81. The van der Waals surface area contributed by atoms with Crippen molar-refractivity contribution in [2.24, 2.45) is 10.2 Å². The minimum Gasteiger partial charge on any atom is -0.273 e. The van der Waals surface area contributed by atoms with Crippen LogP contribution in [0.15, 0.2) is 46.6 Å². The van der Waals surface area contributed by atoms with Crippen LogP contribution in [-0.4, -0.2) is 24.2 Å². The Bertz CT molecular complexity index is 886. The van der Waals surface area contributed by atoms with Gasteiger partial charge >= 0.3 is 0 Å². The smallest absolute Gasteiger partial charge is 0.240 e. The Kier molecular flexibility index (Phi) is 10.1. The molecule has 0 spiro atoms. The molecule has 0 saturated heterocycles. The molecule has 0 atom stereocenters. The number of nitrogens with zero attached hydrogens (tertiary/aromatic N) is 2. The highest BCUT2D eigenvalue weighted by atomic mass is 35.5. The van der Waals surface area contributed by atoms with Gasteiger partial charge in [-0.3, -0.25) is 9.59 Å². The fraction of sp³-hybridized carbons (Fsp3) is 0.200. The molecular weight excluding hydrogens is 470 g/mol. The number of nitrogens with one attached hydrogen (secondary N) is 2. The van der Waals surface area contributed by atoms with E-state index < -0.39 is 0 Å². The van der Waals surface area contributed by atoms with Crippen LogP contribution in [0.25, 0.3) is 0 Å². The van der Waals surface area contributed by atoms with Crippen molar-refractivity contribution >= 4 is 70.6 Å². The van der Waals surface area contributed by atoms with Gasteiger partial charge in [0, 0.05) is 24.0 Å². The molecule has 0 aliphatic rings. The van der Waals surface area contributed by atoms with Gasteiger partial charge in [-0.15, -0.1) is 0 Å². The van der Waals surface area contributed by atoms with Crippen molar-refractivity contribution in [3.05, 3.63) is 67.6 Å². The summed E-state index contributed by atoms with van der Waals surface area (Å²) >= 11 is 23.9. The van der Waals surface area contributed by atoms with Crippen LogP contribution in [0.5, 0.6) is 0 Å². The van der Waals surface area contributed by atoms with Gasteiger partial charge < -0.3 is 0 Å². The van der Waals surface area contributed by atoms with Gasteiger partial charge in [-0.1, -0.05) is 70.7 Å². The minimum absolute atomic E-state index is 0.231. The lowest BCUT2D eigenvalue weighted by Crippen LogP contribution is -2.19. The van der Waals surface area contributed by atoms with Crippen LogP contribution in [0.1, 0.15) is 36.8 Å². The van der Waals surface area contributed by atoms with Crippen molar-refractivity contribution in [2.45, 2.75) is 25.7 Å². The van der Waals surface area contributed by atoms with Gasteiger partial charge in [0.1, 0.15) is 0 Å². The Morgan fingerprint density at radius 1 is 0.733 bits per heavy atom. The maximum absolute atomic E-state index is 11.8. The highest BCUT2D eigenvalue weighted by Crippen LogP contribution is 2.24. The molecule has 158 valence electrons. The monoisotopic (exact) mass is 486 g/mol. The van der Waals surface area contributed by atoms with E-state index in [1.54, 1.807) is 36.4 Å². The summed E-state index contributed by atoms with van der Waals surface area (Å²) < 4.78 is 0. The zero-order chi connectivity index (χ0) is 21.9. The van der Waals surface area contributed by atoms with Crippen LogP contribution in [0.3, 0.4) is 0 Å². The molecule has 2 amide bonds. The van der Waals surface area contributed by atoms with Crippen LogP contribution in [0.4, 0.5) is 0 Å². The van der Waals surface area contributed by atoms with Crippen molar-refractivity contribution in [1.29, 1.82) is 0 Å². The van der Waals surface area contributed by atoms with E-state index in [4.69, 9.17) is 46.4 Å². The molecule has 0 aliphatic heterocycles. The lowest BCUT2D eigenvalue weighted by molar-refractivity contribution is -0.123. The highest BCUT2D eigenvalue weighted by Gasteiger charge is 2.05. The summed E-state index contributed by atoms with van der Waals surface area (Å²) in [5, 5.41) is 9.25. The molecular formula is C20H18Cl4N4O2. The van der Waals surface area contributed by atoms with E-state index >= 15 is 0 Å². The average Bonchev–Trinajstić information content (AvgIpc) is 2.71. The molecule has 2 rings (SSSR count). The van der Waals surface area contributed by atoms with E-state index in [0.717, 1.165) is 0 Å². The fourth-order valence-corrected chi connectivity index (χ4v) is 2.98. The lowest BCUT2D eigenvalue weighted by Gasteiger charge is -2.02. The Morgan fingerprint density at radius 3 is 1.53 bits per heavy atom. The molecule has 6 nitrogen and oxygen atoms in total. The molecule has 30 heavy (non-hydrogen) atoms. The SMILES string of the molecule is O=C(CCCCC(=O)N/N=C/c1cccc(Cl)c1Cl)N/N=C/c1cccc(Cl)c1Cl. The third kappa shape index (κ3) is 7.95. The molecule has 2 N–H and O–H groups in total. The molecule has 0 unspecified atom stereocenters. The summed E-state index contributed by atoms with van der Waals surface area (Å²) in [6, 6.07) is 10.2. The van der Waals surface area contributed by atoms with Crippen molar-refractivity contribution in [1.82, 2.24) is 10.9 Å². The molecule has 2 aromatic rings. The summed E-state index contributed by atoms with van der Waals surface area (Å²) in [5.74, 6) is -0.531. The van der Waals surface area contributed by atoms with Gasteiger partial charge in [0.15, 0.2) is 0 Å². The Balaban J connectivity index is 1.64. The van der Waals surface area contributed by atoms with E-state index in [0.29, 0.717) is 44.1 Å². The summed E-state index contributed by atoms with van der Waals surface area (Å²) in [6.07, 6.45) is 4.35. The van der Waals surface area contributed by atoms with Gasteiger partial charge in [0.05, 0.1) is 32.5 Å². The molecule has 0 bridgehead atoms.